The van der Waals surface area contributed by atoms with E-state index in [-0.39, 0.29) is 17.6 Å². The van der Waals surface area contributed by atoms with Crippen LogP contribution < -0.4 is 15.0 Å². The van der Waals surface area contributed by atoms with E-state index in [1.54, 1.807) is 29.2 Å². The zero-order chi connectivity index (χ0) is 21.6. The van der Waals surface area contributed by atoms with Crippen LogP contribution in [-0.2, 0) is 6.42 Å². The second-order valence-electron chi connectivity index (χ2n) is 8.32. The lowest BCUT2D eigenvalue weighted by Crippen LogP contribution is -2.44. The number of halogens is 1. The first kappa shape index (κ1) is 21.4. The molecule has 0 spiro atoms. The number of phenolic OH excluding ortho intramolecular Hbond substituents is 1. The minimum Gasteiger partial charge on any atom is -0.508 e. The van der Waals surface area contributed by atoms with Gasteiger partial charge in [0.1, 0.15) is 17.3 Å². The molecular weight excluding hydrogens is 397 g/mol. The highest BCUT2D eigenvalue weighted by molar-refractivity contribution is 5.94. The van der Waals surface area contributed by atoms with Gasteiger partial charge < -0.3 is 20.1 Å². The molecule has 0 atom stereocenters. The number of amides is 2. The van der Waals surface area contributed by atoms with Gasteiger partial charge in [0, 0.05) is 25.3 Å². The maximum absolute atomic E-state index is 12.9. The van der Waals surface area contributed by atoms with Crippen LogP contribution in [0.4, 0.5) is 14.9 Å². The van der Waals surface area contributed by atoms with Gasteiger partial charge in [0.05, 0.1) is 6.61 Å². The summed E-state index contributed by atoms with van der Waals surface area (Å²) in [5.41, 5.74) is 1.90. The highest BCUT2D eigenvalue weighted by Gasteiger charge is 2.25. The lowest BCUT2D eigenvalue weighted by molar-refractivity contribution is 0.164. The van der Waals surface area contributed by atoms with Crippen LogP contribution in [0, 0.1) is 11.7 Å². The summed E-state index contributed by atoms with van der Waals surface area (Å²) in [6, 6.07) is 11.3. The normalized spacial score (nSPS) is 16.9. The lowest BCUT2D eigenvalue weighted by Gasteiger charge is -2.32. The molecule has 2 aliphatic rings. The molecule has 2 aromatic carbocycles. The van der Waals surface area contributed by atoms with Crippen molar-refractivity contribution in [2.75, 3.05) is 44.2 Å². The molecule has 4 rings (SSSR count). The molecule has 2 N–H and O–H groups in total. The van der Waals surface area contributed by atoms with Gasteiger partial charge in [-0.3, -0.25) is 4.90 Å². The van der Waals surface area contributed by atoms with Crippen molar-refractivity contribution in [1.29, 1.82) is 0 Å². The molecule has 31 heavy (non-hydrogen) atoms. The Labute approximate surface area is 182 Å². The van der Waals surface area contributed by atoms with Gasteiger partial charge in [0.2, 0.25) is 0 Å². The number of urea groups is 1. The Morgan fingerprint density at radius 2 is 1.90 bits per heavy atom. The average Bonchev–Trinajstić information content (AvgIpc) is 3.19. The molecule has 166 valence electrons. The number of fused-ring (bicyclic) bond motifs is 1. The fourth-order valence-electron chi connectivity index (χ4n) is 4.39. The van der Waals surface area contributed by atoms with Gasteiger partial charge in [0.25, 0.3) is 0 Å². The van der Waals surface area contributed by atoms with E-state index in [4.69, 9.17) is 4.74 Å². The summed E-state index contributed by atoms with van der Waals surface area (Å²) in [7, 11) is 0. The van der Waals surface area contributed by atoms with E-state index >= 15 is 0 Å². The number of nitrogens with one attached hydrogen (secondary N) is 1. The molecule has 0 aliphatic carbocycles. The second kappa shape index (κ2) is 10.0. The van der Waals surface area contributed by atoms with Gasteiger partial charge in [-0.2, -0.15) is 0 Å². The maximum Gasteiger partial charge on any atom is 0.321 e. The molecule has 0 unspecified atom stereocenters. The number of hydrogen-bond acceptors (Lipinski definition) is 4. The summed E-state index contributed by atoms with van der Waals surface area (Å²) in [4.78, 5) is 16.7. The Bertz CT molecular complexity index is 882. The molecule has 2 heterocycles. The Morgan fingerprint density at radius 3 is 2.68 bits per heavy atom. The molecule has 0 bridgehead atoms. The summed E-state index contributed by atoms with van der Waals surface area (Å²) in [6.07, 6.45) is 4.04. The Hall–Kier alpha value is -2.80. The van der Waals surface area contributed by atoms with Crippen molar-refractivity contribution >= 4 is 11.7 Å². The molecule has 6 nitrogen and oxygen atoms in total. The highest BCUT2D eigenvalue weighted by Crippen LogP contribution is 2.30. The molecule has 0 saturated carbocycles. The molecule has 1 saturated heterocycles. The largest absolute Gasteiger partial charge is 0.508 e. The third kappa shape index (κ3) is 5.67. The zero-order valence-electron chi connectivity index (χ0n) is 17.7. The van der Waals surface area contributed by atoms with E-state index < -0.39 is 0 Å². The van der Waals surface area contributed by atoms with E-state index in [1.165, 1.54) is 12.1 Å². The van der Waals surface area contributed by atoms with Crippen LogP contribution in [0.15, 0.2) is 42.5 Å². The first-order valence-corrected chi connectivity index (χ1v) is 11.1. The fraction of sp³-hybridized carbons (Fsp3) is 0.458. The number of anilines is 1. The molecule has 0 radical (unpaired) electrons. The predicted molar refractivity (Wildman–Crippen MR) is 118 cm³/mol. The molecule has 1 fully saturated rings. The van der Waals surface area contributed by atoms with Gasteiger partial charge in [0.15, 0.2) is 0 Å². The van der Waals surface area contributed by atoms with Gasteiger partial charge in [-0.15, -0.1) is 0 Å². The van der Waals surface area contributed by atoms with Crippen LogP contribution in [0.2, 0.25) is 0 Å². The SMILES string of the molecule is O=C(NCCN1CCC(CCOc2ccc(F)cc2)CC1)N1CCc2cc(O)ccc21. The minimum absolute atomic E-state index is 0.0720. The second-order valence-corrected chi connectivity index (χ2v) is 8.32. The molecule has 7 heteroatoms. The van der Waals surface area contributed by atoms with Crippen LogP contribution in [-0.4, -0.2) is 55.4 Å². The van der Waals surface area contributed by atoms with Crippen LogP contribution in [0.3, 0.4) is 0 Å². The van der Waals surface area contributed by atoms with Crippen molar-refractivity contribution in [2.24, 2.45) is 5.92 Å². The van der Waals surface area contributed by atoms with Crippen molar-refractivity contribution in [3.8, 4) is 11.5 Å². The monoisotopic (exact) mass is 427 g/mol. The van der Waals surface area contributed by atoms with Crippen molar-refractivity contribution in [3.05, 3.63) is 53.8 Å². The summed E-state index contributed by atoms with van der Waals surface area (Å²) in [5.74, 6) is 1.35. The van der Waals surface area contributed by atoms with Gasteiger partial charge >= 0.3 is 6.03 Å². The quantitative estimate of drug-likeness (QED) is 0.706. The molecule has 2 amide bonds. The summed E-state index contributed by atoms with van der Waals surface area (Å²) in [6.45, 7) is 4.84. The fourth-order valence-corrected chi connectivity index (χ4v) is 4.39. The number of carbonyl (C=O) groups excluding carboxylic acids is 1. The number of benzene rings is 2. The molecule has 2 aromatic rings. The summed E-state index contributed by atoms with van der Waals surface area (Å²) in [5, 5.41) is 12.6. The van der Waals surface area contributed by atoms with E-state index in [1.807, 2.05) is 6.07 Å². The first-order chi connectivity index (χ1) is 15.1. The number of aromatic hydroxyl groups is 1. The van der Waals surface area contributed by atoms with Crippen molar-refractivity contribution in [2.45, 2.75) is 25.7 Å². The smallest absolute Gasteiger partial charge is 0.321 e. The number of hydrogen-bond donors (Lipinski definition) is 2. The Balaban J connectivity index is 1.11. The molecule has 0 aromatic heterocycles. The Kier molecular flexibility index (Phi) is 6.92. The van der Waals surface area contributed by atoms with E-state index in [9.17, 15) is 14.3 Å². The van der Waals surface area contributed by atoms with Crippen molar-refractivity contribution in [3.63, 3.8) is 0 Å². The number of phenols is 1. The van der Waals surface area contributed by atoms with E-state index in [0.717, 1.165) is 56.6 Å². The van der Waals surface area contributed by atoms with Crippen LogP contribution in [0.5, 0.6) is 11.5 Å². The van der Waals surface area contributed by atoms with Crippen LogP contribution in [0.25, 0.3) is 0 Å². The molecular formula is C24H30FN3O3. The number of likely N-dealkylation sites (tertiary alicyclic amines) is 1. The lowest BCUT2D eigenvalue weighted by atomic mass is 9.94. The number of rotatable bonds is 7. The standard InChI is InChI=1S/C24H30FN3O3/c25-20-1-4-22(5-2-20)31-16-10-18-7-12-27(13-8-18)15-11-26-24(30)28-14-9-19-17-21(29)3-6-23(19)28/h1-6,17-18,29H,7-16H2,(H,26,30). The van der Waals surface area contributed by atoms with Gasteiger partial charge in [-0.1, -0.05) is 0 Å². The number of piperidine rings is 1. The third-order valence-electron chi connectivity index (χ3n) is 6.22. The van der Waals surface area contributed by atoms with Gasteiger partial charge in [-0.25, -0.2) is 9.18 Å². The zero-order valence-corrected chi connectivity index (χ0v) is 17.7. The van der Waals surface area contributed by atoms with Crippen LogP contribution in [0.1, 0.15) is 24.8 Å². The predicted octanol–water partition coefficient (Wildman–Crippen LogP) is 3.78. The van der Waals surface area contributed by atoms with Crippen molar-refractivity contribution in [1.82, 2.24) is 10.2 Å². The summed E-state index contributed by atoms with van der Waals surface area (Å²) < 4.78 is 18.6. The van der Waals surface area contributed by atoms with Crippen molar-refractivity contribution < 1.29 is 19.0 Å². The number of carbonyl (C=O) groups is 1. The average molecular weight is 428 g/mol. The van der Waals surface area contributed by atoms with E-state index in [0.29, 0.717) is 31.4 Å². The van der Waals surface area contributed by atoms with Crippen LogP contribution >= 0.6 is 0 Å². The van der Waals surface area contributed by atoms with Gasteiger partial charge in [-0.05, 0) is 92.7 Å². The maximum atomic E-state index is 12.9. The highest BCUT2D eigenvalue weighted by atomic mass is 19.1. The Morgan fingerprint density at radius 1 is 1.13 bits per heavy atom. The third-order valence-corrected chi connectivity index (χ3v) is 6.22. The summed E-state index contributed by atoms with van der Waals surface area (Å²) >= 11 is 0. The number of ether oxygens (including phenoxy) is 1. The topological polar surface area (TPSA) is 65.0 Å². The number of nitrogens with zero attached hydrogens (tertiary/aromatic N) is 2. The van der Waals surface area contributed by atoms with E-state index in [2.05, 4.69) is 10.2 Å². The first-order valence-electron chi connectivity index (χ1n) is 11.1. The molecule has 2 aliphatic heterocycles. The minimum atomic E-state index is -0.249.